The number of pyridine rings is 1. The van der Waals surface area contributed by atoms with Crippen LogP contribution in [0.5, 0.6) is 5.75 Å². The van der Waals surface area contributed by atoms with Crippen LogP contribution in [0, 0.1) is 5.92 Å². The average molecular weight is 444 g/mol. The van der Waals surface area contributed by atoms with Gasteiger partial charge in [0.15, 0.2) is 0 Å². The van der Waals surface area contributed by atoms with Crippen molar-refractivity contribution in [2.24, 2.45) is 17.4 Å². The van der Waals surface area contributed by atoms with Crippen LogP contribution < -0.4 is 21.5 Å². The Morgan fingerprint density at radius 1 is 1.22 bits per heavy atom. The molecule has 3 atom stereocenters. The van der Waals surface area contributed by atoms with E-state index >= 15 is 0 Å². The van der Waals surface area contributed by atoms with E-state index < -0.39 is 18.0 Å². The number of carbonyl (C=O) groups is 2. The molecule has 1 aromatic carbocycles. The summed E-state index contributed by atoms with van der Waals surface area (Å²) >= 11 is 0. The molecule has 0 aliphatic heterocycles. The number of benzene rings is 1. The van der Waals surface area contributed by atoms with E-state index in [0.717, 1.165) is 28.8 Å². The molecule has 2 amide bonds. The number of anilines is 1. The molecule has 5 N–H and O–H groups in total. The molecule has 0 saturated heterocycles. The third-order valence-electron chi connectivity index (χ3n) is 5.42. The third kappa shape index (κ3) is 6.82. The van der Waals surface area contributed by atoms with Crippen LogP contribution in [0.2, 0.25) is 0 Å². The van der Waals surface area contributed by atoms with Gasteiger partial charge >= 0.3 is 0 Å². The molecule has 0 aliphatic rings. The summed E-state index contributed by atoms with van der Waals surface area (Å²) < 4.78 is 5.42. The Hall–Kier alpha value is -2.87. The predicted octanol–water partition coefficient (Wildman–Crippen LogP) is 2.90. The maximum Gasteiger partial charge on any atom is 0.240 e. The van der Waals surface area contributed by atoms with Crippen LogP contribution in [0.3, 0.4) is 0 Å². The number of nitrogens with two attached hydrogens (primary N) is 2. The van der Waals surface area contributed by atoms with Gasteiger partial charge in [-0.25, -0.2) is 0 Å². The molecular weight excluding hydrogens is 406 g/mol. The van der Waals surface area contributed by atoms with Gasteiger partial charge in [0.1, 0.15) is 11.8 Å². The number of rotatable bonds is 12. The molecule has 1 heterocycles. The van der Waals surface area contributed by atoms with Crippen LogP contribution in [0.15, 0.2) is 30.5 Å². The molecular formula is C24H37N5O3. The molecule has 0 saturated carbocycles. The second-order valence-electron chi connectivity index (χ2n) is 8.81. The van der Waals surface area contributed by atoms with Gasteiger partial charge in [0.05, 0.1) is 24.4 Å². The summed E-state index contributed by atoms with van der Waals surface area (Å²) in [7, 11) is 1.64. The van der Waals surface area contributed by atoms with Crippen LogP contribution in [-0.4, -0.2) is 53.5 Å². The lowest BCUT2D eigenvalue weighted by Crippen LogP contribution is -2.53. The lowest BCUT2D eigenvalue weighted by Gasteiger charge is -2.32. The zero-order valence-corrected chi connectivity index (χ0v) is 19.8. The number of hydrogen-bond donors (Lipinski definition) is 3. The second-order valence-corrected chi connectivity index (χ2v) is 8.81. The van der Waals surface area contributed by atoms with E-state index in [0.29, 0.717) is 19.4 Å². The number of nitrogens with one attached hydrogen (secondary N) is 1. The van der Waals surface area contributed by atoms with Gasteiger partial charge in [-0.1, -0.05) is 19.9 Å². The molecule has 0 radical (unpaired) electrons. The maximum absolute atomic E-state index is 12.7. The standard InChI is InChI=1S/C24H37N5O3/c1-15(2)12-21(23(26)30)29(24(31)17(4)25)11-7-8-16(3)28-20-14-19(32-5)13-18-9-6-10-27-22(18)20/h6,9-10,13-17,21,28H,7-8,11-12,25H2,1-5H3,(H2,26,30)/t16?,17-,21-/m0/s1. The minimum Gasteiger partial charge on any atom is -0.497 e. The van der Waals surface area contributed by atoms with Crippen molar-refractivity contribution in [3.63, 3.8) is 0 Å². The highest BCUT2D eigenvalue weighted by Crippen LogP contribution is 2.28. The Morgan fingerprint density at radius 2 is 1.94 bits per heavy atom. The zero-order chi connectivity index (χ0) is 23.8. The summed E-state index contributed by atoms with van der Waals surface area (Å²) in [5.41, 5.74) is 13.2. The third-order valence-corrected chi connectivity index (χ3v) is 5.42. The summed E-state index contributed by atoms with van der Waals surface area (Å²) in [6, 6.07) is 6.55. The topological polar surface area (TPSA) is 124 Å². The maximum atomic E-state index is 12.7. The Balaban J connectivity index is 2.08. The number of carbonyl (C=O) groups excluding carboxylic acids is 2. The Labute approximate surface area is 190 Å². The quantitative estimate of drug-likeness (QED) is 0.463. The van der Waals surface area contributed by atoms with E-state index in [9.17, 15) is 9.59 Å². The van der Waals surface area contributed by atoms with Gasteiger partial charge < -0.3 is 26.4 Å². The Morgan fingerprint density at radius 3 is 2.53 bits per heavy atom. The number of primary amides is 1. The SMILES string of the molecule is COc1cc(NC(C)CCCN(C(=O)[C@H](C)N)[C@@H](CC(C)C)C(N)=O)c2ncccc2c1. The first-order valence-corrected chi connectivity index (χ1v) is 11.2. The smallest absolute Gasteiger partial charge is 0.240 e. The first kappa shape index (κ1) is 25.4. The van der Waals surface area contributed by atoms with Crippen LogP contribution in [-0.2, 0) is 9.59 Å². The first-order valence-electron chi connectivity index (χ1n) is 11.2. The summed E-state index contributed by atoms with van der Waals surface area (Å²) in [6.07, 6.45) is 3.76. The van der Waals surface area contributed by atoms with Crippen LogP contribution in [0.1, 0.15) is 47.0 Å². The van der Waals surface area contributed by atoms with Gasteiger partial charge in [0, 0.05) is 30.2 Å². The molecule has 8 heteroatoms. The molecule has 0 bridgehead atoms. The van der Waals surface area contributed by atoms with Gasteiger partial charge in [-0.15, -0.1) is 0 Å². The van der Waals surface area contributed by atoms with Gasteiger partial charge in [-0.3, -0.25) is 14.6 Å². The number of ether oxygens (including phenoxy) is 1. The molecule has 1 unspecified atom stereocenters. The molecule has 1 aromatic heterocycles. The monoisotopic (exact) mass is 443 g/mol. The fraction of sp³-hybridized carbons (Fsp3) is 0.542. The number of nitrogens with zero attached hydrogens (tertiary/aromatic N) is 2. The minimum absolute atomic E-state index is 0.108. The van der Waals surface area contributed by atoms with E-state index in [-0.39, 0.29) is 17.9 Å². The molecule has 0 aliphatic carbocycles. The van der Waals surface area contributed by atoms with Gasteiger partial charge in [0.25, 0.3) is 0 Å². The summed E-state index contributed by atoms with van der Waals surface area (Å²) in [6.45, 7) is 8.13. The summed E-state index contributed by atoms with van der Waals surface area (Å²) in [5.74, 6) is 0.239. The molecule has 2 aromatic rings. The number of hydrogen-bond acceptors (Lipinski definition) is 6. The molecule has 0 spiro atoms. The van der Waals surface area contributed by atoms with Crippen molar-refractivity contribution in [1.29, 1.82) is 0 Å². The van der Waals surface area contributed by atoms with Crippen LogP contribution >= 0.6 is 0 Å². The zero-order valence-electron chi connectivity index (χ0n) is 19.8. The van der Waals surface area contributed by atoms with Crippen molar-refractivity contribution in [2.45, 2.75) is 65.1 Å². The number of amides is 2. The van der Waals surface area contributed by atoms with Crippen molar-refractivity contribution in [2.75, 3.05) is 19.0 Å². The number of aromatic nitrogens is 1. The predicted molar refractivity (Wildman–Crippen MR) is 128 cm³/mol. The van der Waals surface area contributed by atoms with Crippen molar-refractivity contribution < 1.29 is 14.3 Å². The fourth-order valence-electron chi connectivity index (χ4n) is 3.82. The van der Waals surface area contributed by atoms with Crippen molar-refractivity contribution >= 4 is 28.4 Å². The fourth-order valence-corrected chi connectivity index (χ4v) is 3.82. The van der Waals surface area contributed by atoms with Crippen LogP contribution in [0.25, 0.3) is 10.9 Å². The Kier molecular flexibility index (Phi) is 9.26. The highest BCUT2D eigenvalue weighted by Gasteiger charge is 2.30. The van der Waals surface area contributed by atoms with Gasteiger partial charge in [0.2, 0.25) is 11.8 Å². The highest BCUT2D eigenvalue weighted by atomic mass is 16.5. The molecule has 32 heavy (non-hydrogen) atoms. The van der Waals surface area contributed by atoms with E-state index in [1.165, 1.54) is 0 Å². The highest BCUT2D eigenvalue weighted by molar-refractivity contribution is 5.92. The first-order chi connectivity index (χ1) is 15.1. The number of methoxy groups -OCH3 is 1. The van der Waals surface area contributed by atoms with Crippen molar-refractivity contribution in [3.8, 4) is 5.75 Å². The normalized spacial score (nSPS) is 14.1. The van der Waals surface area contributed by atoms with E-state index in [1.54, 1.807) is 25.1 Å². The van der Waals surface area contributed by atoms with Gasteiger partial charge in [-0.2, -0.15) is 0 Å². The molecule has 0 fully saturated rings. The van der Waals surface area contributed by atoms with Crippen molar-refractivity contribution in [3.05, 3.63) is 30.5 Å². The average Bonchev–Trinajstić information content (AvgIpc) is 2.74. The molecule has 8 nitrogen and oxygen atoms in total. The molecule has 2 rings (SSSR count). The summed E-state index contributed by atoms with van der Waals surface area (Å²) in [4.78, 5) is 30.8. The van der Waals surface area contributed by atoms with Crippen molar-refractivity contribution in [1.82, 2.24) is 9.88 Å². The number of fused-ring (bicyclic) bond motifs is 1. The Bertz CT molecular complexity index is 916. The van der Waals surface area contributed by atoms with Gasteiger partial charge in [-0.05, 0) is 51.2 Å². The second kappa shape index (κ2) is 11.7. The van der Waals surface area contributed by atoms with E-state index in [2.05, 4.69) is 17.2 Å². The van der Waals surface area contributed by atoms with E-state index in [1.807, 2.05) is 38.1 Å². The van der Waals surface area contributed by atoms with Crippen LogP contribution in [0.4, 0.5) is 5.69 Å². The lowest BCUT2D eigenvalue weighted by atomic mass is 10.0. The van der Waals surface area contributed by atoms with E-state index in [4.69, 9.17) is 16.2 Å². The molecule has 176 valence electrons. The summed E-state index contributed by atoms with van der Waals surface area (Å²) in [5, 5.41) is 4.50. The lowest BCUT2D eigenvalue weighted by molar-refractivity contribution is -0.140. The largest absolute Gasteiger partial charge is 0.497 e. The minimum atomic E-state index is -0.686.